The topological polar surface area (TPSA) is 70.8 Å². The lowest BCUT2D eigenvalue weighted by atomic mass is 10.2. The molecule has 1 saturated heterocycles. The number of nitrogens with one attached hydrogen (secondary N) is 1. The third kappa shape index (κ3) is 4.70. The molecular formula is C15H24N4O2. The van der Waals surface area contributed by atoms with E-state index in [0.717, 1.165) is 32.7 Å². The van der Waals surface area contributed by atoms with Crippen molar-refractivity contribution in [3.05, 3.63) is 29.8 Å². The van der Waals surface area contributed by atoms with Gasteiger partial charge in [-0.1, -0.05) is 12.1 Å². The van der Waals surface area contributed by atoms with Crippen LogP contribution in [0.25, 0.3) is 0 Å². The Morgan fingerprint density at radius 1 is 1.29 bits per heavy atom. The minimum absolute atomic E-state index is 0.331. The van der Waals surface area contributed by atoms with Crippen molar-refractivity contribution in [1.29, 1.82) is 0 Å². The fourth-order valence-electron chi connectivity index (χ4n) is 2.47. The standard InChI is InChI=1S/C15H24N4O2/c1-18-7-4-8-19(10-9-18)11-12-21-14-6-3-2-5-13(14)15(20)17-16/h2-3,5-6H,4,7-12,16H2,1H3,(H,17,20). The largest absolute Gasteiger partial charge is 0.491 e. The van der Waals surface area contributed by atoms with Crippen molar-refractivity contribution in [3.8, 4) is 5.75 Å². The highest BCUT2D eigenvalue weighted by molar-refractivity contribution is 5.96. The molecule has 1 aromatic carbocycles. The molecule has 0 radical (unpaired) electrons. The highest BCUT2D eigenvalue weighted by Gasteiger charge is 2.13. The van der Waals surface area contributed by atoms with Gasteiger partial charge in [-0.15, -0.1) is 0 Å². The molecule has 1 aliphatic rings. The molecule has 21 heavy (non-hydrogen) atoms. The van der Waals surface area contributed by atoms with Crippen molar-refractivity contribution in [2.45, 2.75) is 6.42 Å². The SMILES string of the molecule is CN1CCCN(CCOc2ccccc2C(=O)NN)CC1. The molecule has 3 N–H and O–H groups in total. The van der Waals surface area contributed by atoms with Crippen LogP contribution in [0.3, 0.4) is 0 Å². The number of likely N-dealkylation sites (N-methyl/N-ethyl adjacent to an activating group) is 1. The molecule has 1 fully saturated rings. The van der Waals surface area contributed by atoms with Gasteiger partial charge in [-0.3, -0.25) is 15.1 Å². The molecule has 0 unspecified atom stereocenters. The van der Waals surface area contributed by atoms with Crippen LogP contribution >= 0.6 is 0 Å². The highest BCUT2D eigenvalue weighted by atomic mass is 16.5. The molecule has 0 bridgehead atoms. The molecule has 6 nitrogen and oxygen atoms in total. The number of amides is 1. The number of benzene rings is 1. The lowest BCUT2D eigenvalue weighted by Gasteiger charge is -2.20. The van der Waals surface area contributed by atoms with Crippen molar-refractivity contribution >= 4 is 5.91 Å². The molecule has 0 spiro atoms. The summed E-state index contributed by atoms with van der Waals surface area (Å²) in [5, 5.41) is 0. The molecule has 0 atom stereocenters. The summed E-state index contributed by atoms with van der Waals surface area (Å²) in [6.45, 7) is 5.83. The molecule has 116 valence electrons. The molecule has 0 saturated carbocycles. The second-order valence-electron chi connectivity index (χ2n) is 5.32. The third-order valence-electron chi connectivity index (χ3n) is 3.74. The number of nitrogen functional groups attached to an aromatic ring is 1. The summed E-state index contributed by atoms with van der Waals surface area (Å²) in [6.07, 6.45) is 1.18. The van der Waals surface area contributed by atoms with Gasteiger partial charge in [0.2, 0.25) is 0 Å². The first kappa shape index (κ1) is 15.8. The van der Waals surface area contributed by atoms with Crippen molar-refractivity contribution in [1.82, 2.24) is 15.2 Å². The van der Waals surface area contributed by atoms with Crippen LogP contribution in [-0.4, -0.2) is 62.1 Å². The minimum atomic E-state index is -0.331. The molecule has 1 aliphatic heterocycles. The van der Waals surface area contributed by atoms with Gasteiger partial charge in [0.15, 0.2) is 0 Å². The number of para-hydroxylation sites is 1. The predicted octanol–water partition coefficient (Wildman–Crippen LogP) is 0.306. The summed E-state index contributed by atoms with van der Waals surface area (Å²) in [5.41, 5.74) is 2.61. The van der Waals surface area contributed by atoms with Crippen molar-refractivity contribution in [2.24, 2.45) is 5.84 Å². The van der Waals surface area contributed by atoms with Crippen LogP contribution < -0.4 is 16.0 Å². The molecule has 2 rings (SSSR count). The Morgan fingerprint density at radius 3 is 2.90 bits per heavy atom. The smallest absolute Gasteiger partial charge is 0.268 e. The molecule has 1 amide bonds. The van der Waals surface area contributed by atoms with E-state index in [1.165, 1.54) is 6.42 Å². The van der Waals surface area contributed by atoms with E-state index in [-0.39, 0.29) is 5.91 Å². The Balaban J connectivity index is 1.84. The lowest BCUT2D eigenvalue weighted by molar-refractivity contribution is 0.0948. The van der Waals surface area contributed by atoms with Crippen molar-refractivity contribution in [2.75, 3.05) is 46.4 Å². The maximum atomic E-state index is 11.6. The van der Waals surface area contributed by atoms with Crippen LogP contribution in [0, 0.1) is 0 Å². The van der Waals surface area contributed by atoms with E-state index >= 15 is 0 Å². The number of hydrazine groups is 1. The summed E-state index contributed by atoms with van der Waals surface area (Å²) >= 11 is 0. The Kier molecular flexibility index (Phi) is 5.98. The van der Waals surface area contributed by atoms with E-state index in [9.17, 15) is 4.79 Å². The fraction of sp³-hybridized carbons (Fsp3) is 0.533. The zero-order valence-electron chi connectivity index (χ0n) is 12.5. The number of nitrogens with zero attached hydrogens (tertiary/aromatic N) is 2. The summed E-state index contributed by atoms with van der Waals surface area (Å²) in [4.78, 5) is 16.4. The van der Waals surface area contributed by atoms with Crippen LogP contribution in [0.2, 0.25) is 0 Å². The molecule has 1 heterocycles. The van der Waals surface area contributed by atoms with Crippen molar-refractivity contribution in [3.63, 3.8) is 0 Å². The normalized spacial score (nSPS) is 17.2. The first-order valence-electron chi connectivity index (χ1n) is 7.34. The number of carbonyl (C=O) groups excluding carboxylic acids is 1. The number of hydrogen-bond acceptors (Lipinski definition) is 5. The van der Waals surface area contributed by atoms with Crippen LogP contribution in [0.5, 0.6) is 5.75 Å². The molecule has 0 aliphatic carbocycles. The highest BCUT2D eigenvalue weighted by Crippen LogP contribution is 2.17. The maximum Gasteiger partial charge on any atom is 0.268 e. The van der Waals surface area contributed by atoms with Crippen LogP contribution in [0.15, 0.2) is 24.3 Å². The van der Waals surface area contributed by atoms with E-state index in [2.05, 4.69) is 22.3 Å². The molecule has 6 heteroatoms. The Hall–Kier alpha value is -1.63. The second kappa shape index (κ2) is 7.97. The first-order valence-corrected chi connectivity index (χ1v) is 7.34. The summed E-state index contributed by atoms with van der Waals surface area (Å²) in [7, 11) is 2.15. The van der Waals surface area contributed by atoms with E-state index < -0.39 is 0 Å². The number of hydrogen-bond donors (Lipinski definition) is 2. The van der Waals surface area contributed by atoms with Gasteiger partial charge in [-0.2, -0.15) is 0 Å². The van der Waals surface area contributed by atoms with E-state index in [0.29, 0.717) is 17.9 Å². The van der Waals surface area contributed by atoms with Crippen LogP contribution in [0.1, 0.15) is 16.8 Å². The van der Waals surface area contributed by atoms with Crippen molar-refractivity contribution < 1.29 is 9.53 Å². The maximum absolute atomic E-state index is 11.6. The predicted molar refractivity (Wildman–Crippen MR) is 82.1 cm³/mol. The van der Waals surface area contributed by atoms with Gasteiger partial charge in [0, 0.05) is 19.6 Å². The summed E-state index contributed by atoms with van der Waals surface area (Å²) in [6, 6.07) is 7.14. The average Bonchev–Trinajstić information content (AvgIpc) is 2.72. The van der Waals surface area contributed by atoms with Crippen LogP contribution in [-0.2, 0) is 0 Å². The van der Waals surface area contributed by atoms with Crippen LogP contribution in [0.4, 0.5) is 0 Å². The third-order valence-corrected chi connectivity index (χ3v) is 3.74. The molecule has 1 aromatic rings. The zero-order chi connectivity index (χ0) is 15.1. The van der Waals surface area contributed by atoms with Gasteiger partial charge in [0.25, 0.3) is 5.91 Å². The van der Waals surface area contributed by atoms with Gasteiger partial charge in [-0.25, -0.2) is 5.84 Å². The Labute approximate surface area is 125 Å². The second-order valence-corrected chi connectivity index (χ2v) is 5.32. The van der Waals surface area contributed by atoms with Gasteiger partial charge < -0.3 is 9.64 Å². The summed E-state index contributed by atoms with van der Waals surface area (Å²) < 4.78 is 5.76. The lowest BCUT2D eigenvalue weighted by Crippen LogP contribution is -2.33. The number of nitrogens with two attached hydrogens (primary N) is 1. The first-order chi connectivity index (χ1) is 10.2. The van der Waals surface area contributed by atoms with Gasteiger partial charge in [0.05, 0.1) is 5.56 Å². The quantitative estimate of drug-likeness (QED) is 0.464. The number of ether oxygens (including phenoxy) is 1. The monoisotopic (exact) mass is 292 g/mol. The molecular weight excluding hydrogens is 268 g/mol. The van der Waals surface area contributed by atoms with Gasteiger partial charge in [0.1, 0.15) is 12.4 Å². The fourth-order valence-corrected chi connectivity index (χ4v) is 2.47. The Bertz CT molecular complexity index is 467. The van der Waals surface area contributed by atoms with E-state index in [1.807, 2.05) is 6.07 Å². The van der Waals surface area contributed by atoms with Gasteiger partial charge >= 0.3 is 0 Å². The zero-order valence-corrected chi connectivity index (χ0v) is 12.5. The number of rotatable bonds is 5. The van der Waals surface area contributed by atoms with Gasteiger partial charge in [-0.05, 0) is 38.7 Å². The molecule has 0 aromatic heterocycles. The average molecular weight is 292 g/mol. The van der Waals surface area contributed by atoms with E-state index in [1.54, 1.807) is 18.2 Å². The number of carbonyl (C=O) groups is 1. The summed E-state index contributed by atoms with van der Waals surface area (Å²) in [5.74, 6) is 5.43. The Morgan fingerprint density at radius 2 is 2.10 bits per heavy atom. The van der Waals surface area contributed by atoms with E-state index in [4.69, 9.17) is 10.6 Å². The minimum Gasteiger partial charge on any atom is -0.491 e.